The fourth-order valence-corrected chi connectivity index (χ4v) is 5.54. The minimum Gasteiger partial charge on any atom is -0.365 e. The van der Waals surface area contributed by atoms with Crippen LogP contribution in [0.5, 0.6) is 0 Å². The molecule has 202 valence electrons. The Bertz CT molecular complexity index is 1610. The molecule has 0 fully saturated rings. The van der Waals surface area contributed by atoms with Gasteiger partial charge in [0.2, 0.25) is 0 Å². The Morgan fingerprint density at radius 1 is 1.18 bits per heavy atom. The Kier molecular flexibility index (Phi) is 7.14. The molecule has 1 aliphatic rings. The molecule has 4 N–H and O–H groups in total. The number of thiol groups is 1. The lowest BCUT2D eigenvalue weighted by molar-refractivity contribution is 0.0998. The van der Waals surface area contributed by atoms with Gasteiger partial charge >= 0.3 is 0 Å². The van der Waals surface area contributed by atoms with Gasteiger partial charge in [-0.05, 0) is 90.8 Å². The van der Waals surface area contributed by atoms with Crippen molar-refractivity contribution in [3.8, 4) is 11.3 Å². The summed E-state index contributed by atoms with van der Waals surface area (Å²) in [4.78, 5) is 31.3. The van der Waals surface area contributed by atoms with E-state index in [2.05, 4.69) is 45.4 Å². The first-order valence-corrected chi connectivity index (χ1v) is 15.0. The molecule has 8 nitrogen and oxygen atoms in total. The van der Waals surface area contributed by atoms with Gasteiger partial charge in [0.1, 0.15) is 28.7 Å². The van der Waals surface area contributed by atoms with Gasteiger partial charge in [0.05, 0.1) is 0 Å². The van der Waals surface area contributed by atoms with Crippen LogP contribution in [0.25, 0.3) is 11.3 Å². The molecule has 5 rings (SSSR count). The Morgan fingerprint density at radius 2 is 1.97 bits per heavy atom. The van der Waals surface area contributed by atoms with Crippen molar-refractivity contribution in [3.05, 3.63) is 82.3 Å². The molecule has 1 aliphatic heterocycles. The lowest BCUT2D eigenvalue weighted by Gasteiger charge is -2.14. The second kappa shape index (κ2) is 10.5. The van der Waals surface area contributed by atoms with Crippen LogP contribution in [0.3, 0.4) is 0 Å². The summed E-state index contributed by atoms with van der Waals surface area (Å²) >= 11 is 0. The summed E-state index contributed by atoms with van der Waals surface area (Å²) in [5, 5.41) is 10.7. The number of anilines is 3. The highest BCUT2D eigenvalue weighted by atomic mass is 32.2. The molecule has 10 heteroatoms. The van der Waals surface area contributed by atoms with Crippen molar-refractivity contribution < 1.29 is 14.0 Å². The molecule has 0 spiro atoms. The first kappa shape index (κ1) is 26.4. The molecule has 2 amide bonds. The van der Waals surface area contributed by atoms with E-state index in [4.69, 9.17) is 5.73 Å². The molecule has 4 aromatic rings. The van der Waals surface area contributed by atoms with Gasteiger partial charge in [-0.25, -0.2) is 25.0 Å². The second-order valence-electron chi connectivity index (χ2n) is 9.69. The van der Waals surface area contributed by atoms with Gasteiger partial charge < -0.3 is 16.4 Å². The summed E-state index contributed by atoms with van der Waals surface area (Å²) in [5.41, 5.74) is 9.29. The number of halogens is 1. The summed E-state index contributed by atoms with van der Waals surface area (Å²) in [5.74, 6) is -1.01. The van der Waals surface area contributed by atoms with E-state index in [0.29, 0.717) is 24.6 Å². The van der Waals surface area contributed by atoms with E-state index in [1.54, 1.807) is 10.7 Å². The fourth-order valence-electron chi connectivity index (χ4n) is 4.76. The molecular weight excluding hydrogens is 515 g/mol. The topological polar surface area (TPSA) is 115 Å². The minimum absolute atomic E-state index is 0.101. The summed E-state index contributed by atoms with van der Waals surface area (Å²) in [7, 11) is -0.248. The van der Waals surface area contributed by atoms with Crippen LogP contribution in [-0.4, -0.2) is 39.1 Å². The number of carbonyl (C=O) groups excluding carboxylic acids is 2. The Balaban J connectivity index is 1.51. The molecule has 39 heavy (non-hydrogen) atoms. The third-order valence-corrected chi connectivity index (χ3v) is 8.26. The highest BCUT2D eigenvalue weighted by Crippen LogP contribution is 2.38. The van der Waals surface area contributed by atoms with Gasteiger partial charge in [-0.15, -0.1) is 0 Å². The second-order valence-corrected chi connectivity index (χ2v) is 12.0. The number of nitrogens with two attached hydrogens (primary N) is 1. The summed E-state index contributed by atoms with van der Waals surface area (Å²) in [6.07, 6.45) is 5.83. The number of benzene rings is 2. The van der Waals surface area contributed by atoms with Gasteiger partial charge in [-0.1, -0.05) is 13.0 Å². The van der Waals surface area contributed by atoms with E-state index < -0.39 is 17.6 Å². The third-order valence-electron chi connectivity index (χ3n) is 6.95. The average Bonchev–Trinajstić information content (AvgIpc) is 3.17. The molecule has 2 aromatic carbocycles. The molecule has 0 saturated carbocycles. The quantitative estimate of drug-likeness (QED) is 0.247. The normalized spacial score (nSPS) is 12.6. The smallest absolute Gasteiger partial charge is 0.257 e. The van der Waals surface area contributed by atoms with Crippen molar-refractivity contribution in [1.29, 1.82) is 0 Å². The van der Waals surface area contributed by atoms with Crippen LogP contribution in [0.2, 0.25) is 0 Å². The summed E-state index contributed by atoms with van der Waals surface area (Å²) < 4.78 is 17.5. The van der Waals surface area contributed by atoms with Crippen molar-refractivity contribution in [2.45, 2.75) is 38.1 Å². The lowest BCUT2D eigenvalue weighted by atomic mass is 9.99. The number of aryl methyl sites for hydroxylation is 3. The van der Waals surface area contributed by atoms with Crippen molar-refractivity contribution in [3.63, 3.8) is 0 Å². The van der Waals surface area contributed by atoms with E-state index in [9.17, 15) is 9.59 Å². The zero-order chi connectivity index (χ0) is 27.8. The van der Waals surface area contributed by atoms with Crippen LogP contribution >= 0.6 is 10.9 Å². The van der Waals surface area contributed by atoms with E-state index >= 15 is 4.39 Å². The van der Waals surface area contributed by atoms with Crippen molar-refractivity contribution in [2.24, 2.45) is 5.73 Å². The van der Waals surface area contributed by atoms with E-state index in [0.717, 1.165) is 23.4 Å². The van der Waals surface area contributed by atoms with E-state index in [-0.39, 0.29) is 38.8 Å². The maximum absolute atomic E-state index is 15.8. The van der Waals surface area contributed by atoms with Crippen molar-refractivity contribution >= 4 is 40.0 Å². The zero-order valence-electron chi connectivity index (χ0n) is 22.3. The molecule has 0 bridgehead atoms. The fraction of sp³-hybridized carbons (Fsp3) is 0.241. The predicted molar refractivity (Wildman–Crippen MR) is 155 cm³/mol. The first-order valence-electron chi connectivity index (χ1n) is 12.7. The molecule has 3 heterocycles. The SMILES string of the molecule is CCc1cccc(NC(=O)c2ccc(-c3nn4c(c3C(N)=O)Nc3ccc([SH](C)C)cc3CC4)c(F)c2C)n1. The van der Waals surface area contributed by atoms with Crippen LogP contribution in [-0.2, 0) is 19.4 Å². The molecule has 0 saturated heterocycles. The first-order chi connectivity index (χ1) is 18.7. The predicted octanol–water partition coefficient (Wildman–Crippen LogP) is 5.23. The molecule has 0 aliphatic carbocycles. The number of pyridine rings is 1. The number of rotatable bonds is 6. The number of hydrogen-bond acceptors (Lipinski definition) is 5. The highest BCUT2D eigenvalue weighted by Gasteiger charge is 2.28. The molecule has 0 radical (unpaired) electrons. The monoisotopic (exact) mass is 546 g/mol. The Hall–Kier alpha value is -4.18. The summed E-state index contributed by atoms with van der Waals surface area (Å²) in [6, 6.07) is 14.6. The summed E-state index contributed by atoms with van der Waals surface area (Å²) in [6.45, 7) is 3.99. The maximum atomic E-state index is 15.8. The zero-order valence-corrected chi connectivity index (χ0v) is 23.2. The average molecular weight is 547 g/mol. The van der Waals surface area contributed by atoms with E-state index in [1.807, 2.05) is 25.1 Å². The molecule has 0 unspecified atom stereocenters. The maximum Gasteiger partial charge on any atom is 0.257 e. The highest BCUT2D eigenvalue weighted by molar-refractivity contribution is 8.15. The van der Waals surface area contributed by atoms with Crippen LogP contribution < -0.4 is 16.4 Å². The van der Waals surface area contributed by atoms with Gasteiger partial charge in [0, 0.05) is 29.1 Å². The number of primary amides is 1. The minimum atomic E-state index is -0.717. The van der Waals surface area contributed by atoms with Gasteiger partial charge in [-0.2, -0.15) is 5.10 Å². The molecule has 0 atom stereocenters. The van der Waals surface area contributed by atoms with Crippen LogP contribution in [0, 0.1) is 12.7 Å². The number of hydrogen-bond donors (Lipinski definition) is 4. The number of amides is 2. The number of carbonyl (C=O) groups is 2. The van der Waals surface area contributed by atoms with Crippen molar-refractivity contribution in [1.82, 2.24) is 14.8 Å². The molecule has 2 aromatic heterocycles. The standard InChI is InChI=1S/C29H31FN6O2S/c1-5-18-7-6-8-23(32-18)34-29(38)20-10-11-21(25(30)16(20)2)26-24(27(31)37)28-33-22-12-9-19(39(3)4)15-17(22)13-14-36(28)35-26/h6-12,15,33,39H,5,13-14H2,1-4H3,(H2,31,37)(H,32,34,38). The van der Waals surface area contributed by atoms with Crippen LogP contribution in [0.1, 0.15) is 44.5 Å². The molecular formula is C29H31FN6O2S. The van der Waals surface area contributed by atoms with Gasteiger partial charge in [0.15, 0.2) is 0 Å². The lowest BCUT2D eigenvalue weighted by Crippen LogP contribution is -2.16. The van der Waals surface area contributed by atoms with Gasteiger partial charge in [-0.3, -0.25) is 9.59 Å². The largest absolute Gasteiger partial charge is 0.365 e. The Labute approximate surface area is 229 Å². The van der Waals surface area contributed by atoms with Crippen LogP contribution in [0.15, 0.2) is 53.4 Å². The van der Waals surface area contributed by atoms with E-state index in [1.165, 1.54) is 24.0 Å². The van der Waals surface area contributed by atoms with Crippen LogP contribution in [0.4, 0.5) is 21.7 Å². The third kappa shape index (κ3) is 4.99. The number of fused-ring (bicyclic) bond motifs is 2. The number of nitrogens with one attached hydrogen (secondary N) is 2. The number of nitrogens with zero attached hydrogens (tertiary/aromatic N) is 3. The van der Waals surface area contributed by atoms with Crippen molar-refractivity contribution in [2.75, 3.05) is 23.1 Å². The number of aromatic nitrogens is 3. The Morgan fingerprint density at radius 3 is 2.69 bits per heavy atom. The van der Waals surface area contributed by atoms with Gasteiger partial charge in [0.25, 0.3) is 11.8 Å².